The van der Waals surface area contributed by atoms with E-state index >= 15 is 0 Å². The predicted molar refractivity (Wildman–Crippen MR) is 122 cm³/mol. The minimum atomic E-state index is -0.803. The van der Waals surface area contributed by atoms with Crippen LogP contribution in [0, 0.1) is 6.92 Å². The number of rotatable bonds is 7. The second-order valence-electron chi connectivity index (χ2n) is 7.52. The van der Waals surface area contributed by atoms with Gasteiger partial charge in [0.05, 0.1) is 11.2 Å². The van der Waals surface area contributed by atoms with Crippen LogP contribution in [0.25, 0.3) is 22.4 Å². The largest absolute Gasteiger partial charge is 0.440 e. The summed E-state index contributed by atoms with van der Waals surface area (Å²) in [5, 5.41) is 7.60. The Balaban J connectivity index is 1.59. The highest BCUT2D eigenvalue weighted by molar-refractivity contribution is 6.04. The van der Waals surface area contributed by atoms with Gasteiger partial charge in [0, 0.05) is 37.0 Å². The fourth-order valence-electron chi connectivity index (χ4n) is 3.84. The van der Waals surface area contributed by atoms with Gasteiger partial charge in [0.15, 0.2) is 22.9 Å². The molecule has 0 saturated heterocycles. The Morgan fingerprint density at radius 1 is 1.15 bits per heavy atom. The Kier molecular flexibility index (Phi) is 5.14. The molecule has 0 amide bonds. The molecule has 33 heavy (non-hydrogen) atoms. The van der Waals surface area contributed by atoms with Gasteiger partial charge in [-0.25, -0.2) is 9.78 Å². The number of carbonyl (C=O) groups is 1. The van der Waals surface area contributed by atoms with E-state index in [9.17, 15) is 9.59 Å². The van der Waals surface area contributed by atoms with Crippen molar-refractivity contribution in [3.8, 4) is 11.3 Å². The first-order valence-corrected chi connectivity index (χ1v) is 10.5. The summed E-state index contributed by atoms with van der Waals surface area (Å²) in [6.07, 6.45) is 1.65. The molecule has 9 heteroatoms. The number of H-pyrrole nitrogens is 1. The molecule has 0 saturated carbocycles. The first-order chi connectivity index (χ1) is 16.0. The summed E-state index contributed by atoms with van der Waals surface area (Å²) in [6.45, 7) is 4.25. The van der Waals surface area contributed by atoms with E-state index in [-0.39, 0.29) is 11.5 Å². The number of Topliss-reactive ketones (excluding diaryl/α,β-unsaturated/α-hetero) is 1. The van der Waals surface area contributed by atoms with E-state index in [1.165, 1.54) is 0 Å². The third-order valence-electron chi connectivity index (χ3n) is 5.34. The number of anilines is 1. The van der Waals surface area contributed by atoms with Gasteiger partial charge in [0.1, 0.15) is 6.04 Å². The molecule has 2 N–H and O–H groups in total. The van der Waals surface area contributed by atoms with Crippen molar-refractivity contribution in [3.63, 3.8) is 0 Å². The molecule has 0 aliphatic heterocycles. The molecule has 1 atom stereocenters. The van der Waals surface area contributed by atoms with Crippen molar-refractivity contribution >= 4 is 22.6 Å². The Morgan fingerprint density at radius 2 is 1.97 bits per heavy atom. The molecule has 0 aliphatic carbocycles. The zero-order chi connectivity index (χ0) is 22.9. The quantitative estimate of drug-likeness (QED) is 0.359. The van der Waals surface area contributed by atoms with Crippen LogP contribution in [0.5, 0.6) is 0 Å². The van der Waals surface area contributed by atoms with Crippen LogP contribution in [-0.4, -0.2) is 25.5 Å². The summed E-state index contributed by atoms with van der Waals surface area (Å²) >= 11 is 0. The topological polar surface area (TPSA) is 119 Å². The first kappa shape index (κ1) is 20.5. The lowest BCUT2D eigenvalue weighted by atomic mass is 10.0. The molecule has 0 fully saturated rings. The SMILES string of the molecule is CCn1nccc1C(Nc1ccc2[nH]c(=O)oc2c1)C(=O)c1nc(C)oc1-c1ccccc1. The number of benzene rings is 2. The number of hydrogen-bond donors (Lipinski definition) is 2. The van der Waals surface area contributed by atoms with Gasteiger partial charge in [-0.2, -0.15) is 5.10 Å². The van der Waals surface area contributed by atoms with E-state index < -0.39 is 11.8 Å². The maximum atomic E-state index is 13.9. The number of hydrogen-bond acceptors (Lipinski definition) is 7. The number of carbonyl (C=O) groups excluding carboxylic acids is 1. The maximum absolute atomic E-state index is 13.9. The van der Waals surface area contributed by atoms with Crippen molar-refractivity contribution < 1.29 is 13.6 Å². The first-order valence-electron chi connectivity index (χ1n) is 10.5. The van der Waals surface area contributed by atoms with Crippen molar-refractivity contribution in [2.24, 2.45) is 0 Å². The number of aromatic amines is 1. The fraction of sp³-hybridized carbons (Fsp3) is 0.167. The van der Waals surface area contributed by atoms with E-state index in [2.05, 4.69) is 20.4 Å². The normalized spacial score (nSPS) is 12.2. The summed E-state index contributed by atoms with van der Waals surface area (Å²) in [5.74, 6) is 0.0101. The van der Waals surface area contributed by atoms with Crippen LogP contribution in [0.15, 0.2) is 74.4 Å². The number of aryl methyl sites for hydroxylation is 2. The third kappa shape index (κ3) is 3.84. The molecular weight excluding hydrogens is 422 g/mol. The van der Waals surface area contributed by atoms with Crippen molar-refractivity contribution in [2.45, 2.75) is 26.4 Å². The zero-order valence-corrected chi connectivity index (χ0v) is 18.0. The van der Waals surface area contributed by atoms with Crippen LogP contribution < -0.4 is 11.1 Å². The molecule has 5 rings (SSSR count). The van der Waals surface area contributed by atoms with Crippen LogP contribution in [0.2, 0.25) is 0 Å². The van der Waals surface area contributed by atoms with E-state index in [0.717, 1.165) is 5.56 Å². The Labute approximate surface area is 188 Å². The van der Waals surface area contributed by atoms with Gasteiger partial charge in [0.2, 0.25) is 5.78 Å². The van der Waals surface area contributed by atoms with E-state index in [4.69, 9.17) is 8.83 Å². The van der Waals surface area contributed by atoms with E-state index in [1.807, 2.05) is 37.3 Å². The van der Waals surface area contributed by atoms with Gasteiger partial charge in [-0.15, -0.1) is 0 Å². The Morgan fingerprint density at radius 3 is 2.76 bits per heavy atom. The highest BCUT2D eigenvalue weighted by Gasteiger charge is 2.31. The summed E-state index contributed by atoms with van der Waals surface area (Å²) in [6, 6.07) is 15.6. The number of ketones is 1. The fourth-order valence-corrected chi connectivity index (χ4v) is 3.84. The standard InChI is InChI=1S/C24H21N5O4/c1-3-29-18(11-12-25-29)20(27-16-9-10-17-19(13-16)33-24(31)28-17)22(30)21-23(32-14(2)26-21)15-7-5-4-6-8-15/h4-13,20,27H,3H2,1-2H3,(H,28,31). The second-order valence-corrected chi connectivity index (χ2v) is 7.52. The minimum absolute atomic E-state index is 0.231. The van der Waals surface area contributed by atoms with Gasteiger partial charge in [-0.05, 0) is 25.1 Å². The molecular formula is C24H21N5O4. The average Bonchev–Trinajstić information content (AvgIpc) is 3.54. The number of aromatic nitrogens is 4. The van der Waals surface area contributed by atoms with Crippen LogP contribution in [0.4, 0.5) is 5.69 Å². The van der Waals surface area contributed by atoms with Gasteiger partial charge >= 0.3 is 5.76 Å². The van der Waals surface area contributed by atoms with Crippen molar-refractivity contribution in [2.75, 3.05) is 5.32 Å². The van der Waals surface area contributed by atoms with Gasteiger partial charge in [-0.1, -0.05) is 30.3 Å². The second kappa shape index (κ2) is 8.27. The summed E-state index contributed by atoms with van der Waals surface area (Å²) < 4.78 is 12.7. The smallest absolute Gasteiger partial charge is 0.417 e. The third-order valence-corrected chi connectivity index (χ3v) is 5.34. The summed E-state index contributed by atoms with van der Waals surface area (Å²) in [4.78, 5) is 32.4. The number of nitrogens with zero attached hydrogens (tertiary/aromatic N) is 3. The maximum Gasteiger partial charge on any atom is 0.417 e. The molecule has 166 valence electrons. The van der Waals surface area contributed by atoms with Gasteiger partial charge < -0.3 is 14.2 Å². The number of fused-ring (bicyclic) bond motifs is 1. The minimum Gasteiger partial charge on any atom is -0.440 e. The van der Waals surface area contributed by atoms with Crippen LogP contribution >= 0.6 is 0 Å². The molecule has 9 nitrogen and oxygen atoms in total. The Bertz CT molecular complexity index is 1490. The lowest BCUT2D eigenvalue weighted by Gasteiger charge is -2.19. The summed E-state index contributed by atoms with van der Waals surface area (Å²) in [5.41, 5.74) is 3.24. The molecule has 0 radical (unpaired) electrons. The van der Waals surface area contributed by atoms with Crippen LogP contribution in [-0.2, 0) is 6.54 Å². The predicted octanol–water partition coefficient (Wildman–Crippen LogP) is 4.34. The van der Waals surface area contributed by atoms with Gasteiger partial charge in [0.25, 0.3) is 0 Å². The molecule has 1 unspecified atom stereocenters. The van der Waals surface area contributed by atoms with Crippen LogP contribution in [0.1, 0.15) is 35.0 Å². The molecule has 2 aromatic carbocycles. The average molecular weight is 443 g/mol. The summed E-state index contributed by atoms with van der Waals surface area (Å²) in [7, 11) is 0. The molecule has 3 aromatic heterocycles. The molecule has 3 heterocycles. The van der Waals surface area contributed by atoms with E-state index in [1.54, 1.807) is 42.1 Å². The lowest BCUT2D eigenvalue weighted by molar-refractivity contribution is 0.0962. The molecule has 0 aliphatic rings. The Hall–Kier alpha value is -4.40. The zero-order valence-electron chi connectivity index (χ0n) is 18.0. The molecule has 0 bridgehead atoms. The van der Waals surface area contributed by atoms with Crippen molar-refractivity contribution in [3.05, 3.63) is 88.6 Å². The number of nitrogens with one attached hydrogen (secondary N) is 2. The highest BCUT2D eigenvalue weighted by atomic mass is 16.4. The number of oxazole rings is 2. The van der Waals surface area contributed by atoms with Crippen molar-refractivity contribution in [1.82, 2.24) is 19.7 Å². The molecule has 5 aromatic rings. The van der Waals surface area contributed by atoms with E-state index in [0.29, 0.717) is 40.7 Å². The van der Waals surface area contributed by atoms with Crippen molar-refractivity contribution in [1.29, 1.82) is 0 Å². The molecule has 0 spiro atoms. The van der Waals surface area contributed by atoms with Gasteiger partial charge in [-0.3, -0.25) is 14.5 Å². The monoisotopic (exact) mass is 443 g/mol. The van der Waals surface area contributed by atoms with Crippen LogP contribution in [0.3, 0.4) is 0 Å². The highest BCUT2D eigenvalue weighted by Crippen LogP contribution is 2.31. The lowest BCUT2D eigenvalue weighted by Crippen LogP contribution is -2.25.